The van der Waals surface area contributed by atoms with E-state index < -0.39 is 135 Å². The van der Waals surface area contributed by atoms with E-state index in [1.165, 1.54) is 0 Å². The van der Waals surface area contributed by atoms with Crippen LogP contribution in [0.1, 0.15) is 13.3 Å². The number of ether oxygens (including phenoxy) is 5. The number of aliphatic hydroxyl groups is 10. The molecule has 0 bridgehead atoms. The summed E-state index contributed by atoms with van der Waals surface area (Å²) >= 11 is 1.05. The van der Waals surface area contributed by atoms with Crippen LogP contribution < -0.4 is 5.32 Å². The van der Waals surface area contributed by atoms with Gasteiger partial charge in [-0.3, -0.25) is 4.79 Å². The highest BCUT2D eigenvalue weighted by atomic mass is 32.2. The maximum absolute atomic E-state index is 12.7. The van der Waals surface area contributed by atoms with Crippen LogP contribution in [0.5, 0.6) is 0 Å². The molecule has 20 heteroatoms. The minimum Gasteiger partial charge on any atom is -0.477 e. The Morgan fingerprint density at radius 1 is 0.939 bits per heavy atom. The van der Waals surface area contributed by atoms with E-state index >= 15 is 0 Å². The summed E-state index contributed by atoms with van der Waals surface area (Å²) in [5.74, 6) is -5.70. The molecule has 0 unspecified atom stereocenters. The van der Waals surface area contributed by atoms with Gasteiger partial charge in [0.25, 0.3) is 5.79 Å². The van der Waals surface area contributed by atoms with Gasteiger partial charge in [-0.2, -0.15) is 0 Å². The zero-order valence-corrected chi connectivity index (χ0v) is 26.9. The molecule has 3 aliphatic heterocycles. The fourth-order valence-corrected chi connectivity index (χ4v) is 6.96. The number of thioether (sulfide) groups is 1. The van der Waals surface area contributed by atoms with Gasteiger partial charge in [-0.05, 0) is 12.1 Å². The lowest BCUT2D eigenvalue weighted by atomic mass is 9.88. The Morgan fingerprint density at radius 2 is 1.59 bits per heavy atom. The van der Waals surface area contributed by atoms with E-state index in [2.05, 4.69) is 5.32 Å². The highest BCUT2D eigenvalue weighted by molar-refractivity contribution is 7.99. The first kappa shape index (κ1) is 39.7. The Morgan fingerprint density at radius 3 is 2.16 bits per heavy atom. The van der Waals surface area contributed by atoms with E-state index in [1.807, 2.05) is 0 Å². The summed E-state index contributed by atoms with van der Waals surface area (Å²) in [4.78, 5) is 25.2. The van der Waals surface area contributed by atoms with E-state index in [0.717, 1.165) is 18.7 Å². The van der Waals surface area contributed by atoms with Crippen molar-refractivity contribution >= 4 is 23.6 Å². The number of nitrogens with one attached hydrogen (secondary N) is 1. The van der Waals surface area contributed by atoms with Crippen molar-refractivity contribution in [3.63, 3.8) is 0 Å². The van der Waals surface area contributed by atoms with Crippen LogP contribution in [0.2, 0.25) is 0 Å². The molecule has 3 saturated heterocycles. The molecule has 3 aliphatic rings. The second-order valence-corrected chi connectivity index (χ2v) is 13.1. The van der Waals surface area contributed by atoms with Gasteiger partial charge in [0.2, 0.25) is 5.91 Å². The lowest BCUT2D eigenvalue weighted by molar-refractivity contribution is -0.380. The highest BCUT2D eigenvalue weighted by Crippen LogP contribution is 2.39. The van der Waals surface area contributed by atoms with Crippen LogP contribution in [-0.2, 0) is 33.3 Å². The number of carboxylic acid groups (broad SMARTS) is 1. The Balaban J connectivity index is 1.59. The number of benzene rings is 1. The molecule has 0 aliphatic carbocycles. The standard InChI is InChI=1S/C29H43NO18S/c1-11(34)30-17-13(35)7-29(28(42)43,47-24(17)18(37)14(36)8-31)48-25-19(38)15(9-32)44-26(22(25)41)46-23-16(10-33)45-27(21(40)20(23)39)49-12-5-3-2-4-6-12/h2-6,13-27,31-33,35-41H,7-10H2,1H3,(H,30,34)(H,42,43)/t13-,14+,15+,16+,17+,18+,19-,20+,21+,22+,23+,24+,25-,26-,27-,29-/m0/s1. The molecule has 3 heterocycles. The molecule has 19 nitrogen and oxygen atoms in total. The molecule has 0 radical (unpaired) electrons. The smallest absolute Gasteiger partial charge is 0.364 e. The zero-order chi connectivity index (χ0) is 36.2. The van der Waals surface area contributed by atoms with Crippen LogP contribution in [0.3, 0.4) is 0 Å². The molecular formula is C29H43NO18S. The van der Waals surface area contributed by atoms with Gasteiger partial charge in [0, 0.05) is 18.2 Å². The van der Waals surface area contributed by atoms with Crippen molar-refractivity contribution in [1.29, 1.82) is 0 Å². The SMILES string of the molecule is CC(=O)N[C@H]1[C@H]([C@H](O)[C@H](O)CO)O[C@@](O[C@H]2[C@@H](O)[C@@H](CO)O[C@@H](O[C@H]3[C@H](O)[C@@H](O)[C@H](Sc4ccccc4)O[C@@H]3CO)[C@@H]2O)(C(=O)O)C[C@@H]1O. The Hall–Kier alpha value is -2.09. The number of hydrogen-bond donors (Lipinski definition) is 12. The van der Waals surface area contributed by atoms with Crippen molar-refractivity contribution in [2.24, 2.45) is 0 Å². The molecule has 3 fully saturated rings. The third kappa shape index (κ3) is 8.69. The molecule has 12 N–H and O–H groups in total. The van der Waals surface area contributed by atoms with E-state index in [0.29, 0.717) is 4.90 Å². The van der Waals surface area contributed by atoms with Crippen molar-refractivity contribution in [3.05, 3.63) is 30.3 Å². The predicted octanol–water partition coefficient (Wildman–Crippen LogP) is -5.42. The van der Waals surface area contributed by atoms with Gasteiger partial charge in [0.1, 0.15) is 72.6 Å². The molecule has 0 aromatic heterocycles. The van der Waals surface area contributed by atoms with Crippen LogP contribution >= 0.6 is 11.8 Å². The van der Waals surface area contributed by atoms with Crippen LogP contribution in [0.15, 0.2) is 35.2 Å². The zero-order valence-electron chi connectivity index (χ0n) is 26.1. The minimum atomic E-state index is -3.01. The van der Waals surface area contributed by atoms with E-state index in [-0.39, 0.29) is 0 Å². The third-order valence-corrected chi connectivity index (χ3v) is 9.61. The van der Waals surface area contributed by atoms with E-state index in [9.17, 15) is 65.8 Å². The highest BCUT2D eigenvalue weighted by Gasteiger charge is 2.60. The Bertz CT molecular complexity index is 1230. The molecular weight excluding hydrogens is 682 g/mol. The Labute approximate surface area is 283 Å². The van der Waals surface area contributed by atoms with Gasteiger partial charge < -0.3 is 85.2 Å². The topological polar surface area (TPSA) is 315 Å². The van der Waals surface area contributed by atoms with E-state index in [1.54, 1.807) is 30.3 Å². The van der Waals surface area contributed by atoms with Gasteiger partial charge in [-0.25, -0.2) is 4.79 Å². The number of carbonyl (C=O) groups is 2. The summed E-state index contributed by atoms with van der Waals surface area (Å²) in [5.41, 5.74) is -1.08. The van der Waals surface area contributed by atoms with Crippen LogP contribution in [0.25, 0.3) is 0 Å². The molecule has 0 saturated carbocycles. The summed E-state index contributed by atoms with van der Waals surface area (Å²) in [5, 5.41) is 118. The number of aliphatic hydroxyl groups excluding tert-OH is 10. The molecule has 0 spiro atoms. The molecule has 16 atom stereocenters. The van der Waals surface area contributed by atoms with Crippen LogP contribution in [-0.4, -0.2) is 185 Å². The van der Waals surface area contributed by atoms with Gasteiger partial charge >= 0.3 is 5.97 Å². The van der Waals surface area contributed by atoms with Gasteiger partial charge in [0.15, 0.2) is 6.29 Å². The lowest BCUT2D eigenvalue weighted by Crippen LogP contribution is -2.70. The molecule has 4 rings (SSSR count). The van der Waals surface area contributed by atoms with Crippen molar-refractivity contribution in [1.82, 2.24) is 5.32 Å². The molecule has 1 aromatic carbocycles. The first-order valence-corrected chi connectivity index (χ1v) is 16.2. The first-order chi connectivity index (χ1) is 23.2. The molecule has 1 aromatic rings. The fourth-order valence-electron chi connectivity index (χ4n) is 5.88. The normalized spacial score (nSPS) is 41.1. The number of hydrogen-bond acceptors (Lipinski definition) is 18. The van der Waals surface area contributed by atoms with Crippen LogP contribution in [0.4, 0.5) is 0 Å². The maximum atomic E-state index is 12.7. The summed E-state index contributed by atoms with van der Waals surface area (Å²) in [7, 11) is 0. The summed E-state index contributed by atoms with van der Waals surface area (Å²) in [6.07, 6.45) is -24.9. The first-order valence-electron chi connectivity index (χ1n) is 15.3. The number of aliphatic carboxylic acids is 1. The number of carboxylic acids is 1. The van der Waals surface area contributed by atoms with E-state index in [4.69, 9.17) is 23.7 Å². The second kappa shape index (κ2) is 17.0. The van der Waals surface area contributed by atoms with Gasteiger partial charge in [-0.15, -0.1) is 0 Å². The summed E-state index contributed by atoms with van der Waals surface area (Å²) < 4.78 is 28.2. The molecule has 49 heavy (non-hydrogen) atoms. The minimum absolute atomic E-state index is 0.673. The lowest BCUT2D eigenvalue weighted by Gasteiger charge is -2.50. The number of rotatable bonds is 13. The predicted molar refractivity (Wildman–Crippen MR) is 160 cm³/mol. The van der Waals surface area contributed by atoms with Crippen molar-refractivity contribution in [2.45, 2.75) is 115 Å². The van der Waals surface area contributed by atoms with Gasteiger partial charge in [0.05, 0.1) is 32.0 Å². The summed E-state index contributed by atoms with van der Waals surface area (Å²) in [6, 6.07) is 7.18. The second-order valence-electron chi connectivity index (χ2n) is 11.9. The van der Waals surface area contributed by atoms with Crippen molar-refractivity contribution < 1.29 is 89.4 Å². The molecule has 278 valence electrons. The Kier molecular flexibility index (Phi) is 13.7. The van der Waals surface area contributed by atoms with Crippen LogP contribution in [0, 0.1) is 0 Å². The van der Waals surface area contributed by atoms with Crippen molar-refractivity contribution in [3.8, 4) is 0 Å². The number of amides is 1. The number of carbonyl (C=O) groups excluding carboxylic acids is 1. The van der Waals surface area contributed by atoms with Gasteiger partial charge in [-0.1, -0.05) is 30.0 Å². The summed E-state index contributed by atoms with van der Waals surface area (Å²) in [6.45, 7) is -1.68. The average Bonchev–Trinajstić information content (AvgIpc) is 3.07. The maximum Gasteiger partial charge on any atom is 0.364 e. The third-order valence-electron chi connectivity index (χ3n) is 8.44. The van der Waals surface area contributed by atoms with Crippen molar-refractivity contribution in [2.75, 3.05) is 19.8 Å². The molecule has 1 amide bonds. The quantitative estimate of drug-likeness (QED) is 0.0903. The average molecular weight is 726 g/mol. The fraction of sp³-hybridized carbons (Fsp3) is 0.724. The largest absolute Gasteiger partial charge is 0.477 e. The monoisotopic (exact) mass is 725 g/mol.